The molecule has 34 heavy (non-hydrogen) atoms. The number of nitrogens with one attached hydrogen (secondary N) is 1. The maximum atomic E-state index is 13.0. The van der Waals surface area contributed by atoms with Crippen LogP contribution in [0.2, 0.25) is 5.02 Å². The van der Waals surface area contributed by atoms with Gasteiger partial charge in [0.15, 0.2) is 0 Å². The van der Waals surface area contributed by atoms with Gasteiger partial charge in [0.25, 0.3) is 5.91 Å². The lowest BCUT2D eigenvalue weighted by Gasteiger charge is -2.31. The van der Waals surface area contributed by atoms with Crippen molar-refractivity contribution in [3.8, 4) is 0 Å². The molecule has 6 heteroatoms. The van der Waals surface area contributed by atoms with Gasteiger partial charge < -0.3 is 10.2 Å². The lowest BCUT2D eigenvalue weighted by molar-refractivity contribution is -0.116. The number of hydrogen-bond donors (Lipinski definition) is 1. The zero-order valence-electron chi connectivity index (χ0n) is 20.8. The highest BCUT2D eigenvalue weighted by atomic mass is 35.5. The van der Waals surface area contributed by atoms with Crippen LogP contribution in [0.1, 0.15) is 74.4 Å². The third-order valence-corrected chi connectivity index (χ3v) is 6.95. The average Bonchev–Trinajstić information content (AvgIpc) is 2.80. The van der Waals surface area contributed by atoms with Crippen molar-refractivity contribution in [3.63, 3.8) is 0 Å². The van der Waals surface area contributed by atoms with Gasteiger partial charge in [-0.1, -0.05) is 49.1 Å². The van der Waals surface area contributed by atoms with Crippen molar-refractivity contribution in [2.24, 2.45) is 0 Å². The Hall–Kier alpha value is -2.37. The normalized spacial score (nSPS) is 15.9. The molecule has 0 atom stereocenters. The highest BCUT2D eigenvalue weighted by Gasteiger charge is 2.21. The predicted molar refractivity (Wildman–Crippen MR) is 141 cm³/mol. The van der Waals surface area contributed by atoms with E-state index >= 15 is 0 Å². The number of carbonyl (C=O) groups excluding carboxylic acids is 2. The number of carbonyl (C=O) groups is 2. The first-order valence-electron chi connectivity index (χ1n) is 12.5. The second-order valence-corrected chi connectivity index (χ2v) is 9.85. The van der Waals surface area contributed by atoms with Gasteiger partial charge in [-0.3, -0.25) is 14.5 Å². The van der Waals surface area contributed by atoms with E-state index in [1.165, 1.54) is 19.3 Å². The van der Waals surface area contributed by atoms with Crippen molar-refractivity contribution in [1.82, 2.24) is 10.2 Å². The lowest BCUT2D eigenvalue weighted by atomic mass is 10.0. The molecule has 1 aliphatic heterocycles. The van der Waals surface area contributed by atoms with Crippen molar-refractivity contribution in [2.45, 2.75) is 71.9 Å². The zero-order valence-corrected chi connectivity index (χ0v) is 21.5. The average molecular weight is 484 g/mol. The van der Waals surface area contributed by atoms with E-state index in [2.05, 4.69) is 24.1 Å². The van der Waals surface area contributed by atoms with Gasteiger partial charge in [0.1, 0.15) is 0 Å². The summed E-state index contributed by atoms with van der Waals surface area (Å²) in [6.45, 7) is 9.01. The van der Waals surface area contributed by atoms with Crippen molar-refractivity contribution in [2.75, 3.05) is 24.5 Å². The van der Waals surface area contributed by atoms with Gasteiger partial charge in [-0.05, 0) is 75.0 Å². The predicted octanol–water partition coefficient (Wildman–Crippen LogP) is 5.84. The minimum absolute atomic E-state index is 0.0475. The summed E-state index contributed by atoms with van der Waals surface area (Å²) in [6, 6.07) is 13.8. The van der Waals surface area contributed by atoms with Crippen LogP contribution in [0.15, 0.2) is 42.5 Å². The number of anilines is 1. The molecular weight excluding hydrogens is 446 g/mol. The van der Waals surface area contributed by atoms with Crippen LogP contribution in [0.25, 0.3) is 0 Å². The van der Waals surface area contributed by atoms with Crippen LogP contribution in [-0.2, 0) is 17.8 Å². The zero-order chi connectivity index (χ0) is 24.5. The molecule has 0 fully saturated rings. The van der Waals surface area contributed by atoms with Gasteiger partial charge in [-0.2, -0.15) is 0 Å². The van der Waals surface area contributed by atoms with Crippen LogP contribution in [-0.4, -0.2) is 42.4 Å². The molecule has 0 bridgehead atoms. The molecule has 1 aliphatic rings. The third-order valence-electron chi connectivity index (χ3n) is 6.58. The van der Waals surface area contributed by atoms with Crippen LogP contribution in [0.5, 0.6) is 0 Å². The molecule has 0 unspecified atom stereocenters. The van der Waals surface area contributed by atoms with E-state index in [1.807, 2.05) is 47.4 Å². The van der Waals surface area contributed by atoms with E-state index in [0.717, 1.165) is 47.8 Å². The second-order valence-electron chi connectivity index (χ2n) is 9.44. The highest BCUT2D eigenvalue weighted by molar-refractivity contribution is 6.31. The summed E-state index contributed by atoms with van der Waals surface area (Å²) in [5.41, 5.74) is 3.60. The fourth-order valence-corrected chi connectivity index (χ4v) is 4.76. The monoisotopic (exact) mass is 483 g/mol. The van der Waals surface area contributed by atoms with E-state index in [1.54, 1.807) is 6.92 Å². The van der Waals surface area contributed by atoms with Gasteiger partial charge >= 0.3 is 0 Å². The van der Waals surface area contributed by atoms with Gasteiger partial charge in [0.2, 0.25) is 5.91 Å². The fourth-order valence-electron chi connectivity index (χ4n) is 4.53. The molecule has 0 saturated carbocycles. The van der Waals surface area contributed by atoms with Crippen molar-refractivity contribution in [1.29, 1.82) is 0 Å². The van der Waals surface area contributed by atoms with Crippen molar-refractivity contribution in [3.05, 3.63) is 64.2 Å². The molecule has 1 heterocycles. The first-order chi connectivity index (χ1) is 16.4. The largest absolute Gasteiger partial charge is 0.352 e. The molecule has 1 N–H and O–H groups in total. The van der Waals surface area contributed by atoms with Crippen LogP contribution in [0, 0.1) is 0 Å². The molecule has 3 rings (SSSR count). The first kappa shape index (κ1) is 26.2. The molecule has 0 radical (unpaired) electrons. The summed E-state index contributed by atoms with van der Waals surface area (Å²) in [4.78, 5) is 29.8. The van der Waals surface area contributed by atoms with E-state index < -0.39 is 0 Å². The molecule has 2 aromatic carbocycles. The Bertz CT molecular complexity index is 976. The van der Waals surface area contributed by atoms with Crippen molar-refractivity contribution >= 4 is 29.1 Å². The Morgan fingerprint density at radius 3 is 2.41 bits per heavy atom. The summed E-state index contributed by atoms with van der Waals surface area (Å²) in [7, 11) is 0. The molecule has 184 valence electrons. The maximum absolute atomic E-state index is 13.0. The Morgan fingerprint density at radius 2 is 1.71 bits per heavy atom. The van der Waals surface area contributed by atoms with E-state index in [9.17, 15) is 9.59 Å². The molecule has 2 amide bonds. The topological polar surface area (TPSA) is 52.7 Å². The summed E-state index contributed by atoms with van der Waals surface area (Å²) < 4.78 is 0. The van der Waals surface area contributed by atoms with Gasteiger partial charge in [0, 0.05) is 48.9 Å². The number of halogens is 1. The molecule has 2 aromatic rings. The Morgan fingerprint density at radius 1 is 1.00 bits per heavy atom. The van der Waals surface area contributed by atoms with Crippen LogP contribution in [0.3, 0.4) is 0 Å². The maximum Gasteiger partial charge on any atom is 0.251 e. The summed E-state index contributed by atoms with van der Waals surface area (Å²) >= 11 is 6.24. The number of amides is 2. The number of hydrogen-bond acceptors (Lipinski definition) is 3. The molecule has 5 nitrogen and oxygen atoms in total. The highest BCUT2D eigenvalue weighted by Crippen LogP contribution is 2.27. The first-order valence-corrected chi connectivity index (χ1v) is 12.9. The van der Waals surface area contributed by atoms with E-state index in [0.29, 0.717) is 31.1 Å². The van der Waals surface area contributed by atoms with Crippen LogP contribution in [0.4, 0.5) is 5.69 Å². The second kappa shape index (κ2) is 12.9. The van der Waals surface area contributed by atoms with Crippen LogP contribution >= 0.6 is 11.6 Å². The van der Waals surface area contributed by atoms with E-state index in [4.69, 9.17) is 11.6 Å². The number of fused-ring (bicyclic) bond motifs is 1. The molecule has 0 aliphatic carbocycles. The third kappa shape index (κ3) is 7.31. The van der Waals surface area contributed by atoms with Crippen LogP contribution < -0.4 is 10.2 Å². The molecule has 0 spiro atoms. The Balaban J connectivity index is 1.82. The minimum atomic E-state index is -0.105. The van der Waals surface area contributed by atoms with E-state index in [-0.39, 0.29) is 11.8 Å². The fraction of sp³-hybridized carbons (Fsp3) is 0.500. The Kier molecular flexibility index (Phi) is 9.97. The van der Waals surface area contributed by atoms with Gasteiger partial charge in [-0.25, -0.2) is 0 Å². The number of nitrogens with zero attached hydrogens (tertiary/aromatic N) is 2. The molecular formula is C28H38ClN3O2. The van der Waals surface area contributed by atoms with Gasteiger partial charge in [0.05, 0.1) is 0 Å². The SMILES string of the molecule is CC(=O)N1CCCCCCCN(C(C)C)Cc2cc(C(=O)NCCc3ccccc3Cl)ccc21. The van der Waals surface area contributed by atoms with Gasteiger partial charge in [-0.15, -0.1) is 0 Å². The summed E-state index contributed by atoms with van der Waals surface area (Å²) in [5, 5.41) is 3.74. The summed E-state index contributed by atoms with van der Waals surface area (Å²) in [6.07, 6.45) is 6.40. The number of rotatable bonds is 5. The lowest BCUT2D eigenvalue weighted by Crippen LogP contribution is -2.35. The standard InChI is InChI=1S/C28H38ClN3O2/c1-21(2)31-17-9-5-4-6-10-18-32(22(3)33)27-14-13-24(19-25(27)20-31)28(34)30-16-15-23-11-7-8-12-26(23)29/h7-8,11-14,19,21H,4-6,9-10,15-18,20H2,1-3H3,(H,30,34). The smallest absolute Gasteiger partial charge is 0.251 e. The Labute approximate surface area is 209 Å². The minimum Gasteiger partial charge on any atom is -0.352 e. The molecule has 0 saturated heterocycles. The summed E-state index contributed by atoms with van der Waals surface area (Å²) in [5.74, 6) is -0.0576. The quantitative estimate of drug-likeness (QED) is 0.581. The number of benzene rings is 2. The molecule has 0 aromatic heterocycles. The van der Waals surface area contributed by atoms with Crippen molar-refractivity contribution < 1.29 is 9.59 Å².